The van der Waals surface area contributed by atoms with Gasteiger partial charge in [-0.15, -0.1) is 0 Å². The summed E-state index contributed by atoms with van der Waals surface area (Å²) in [5.41, 5.74) is -0.828. The van der Waals surface area contributed by atoms with E-state index in [1.807, 2.05) is 20.8 Å². The van der Waals surface area contributed by atoms with E-state index in [-0.39, 0.29) is 17.9 Å². The minimum Gasteiger partial charge on any atom is -0.548 e. The average Bonchev–Trinajstić information content (AvgIpc) is 3.05. The number of nitrogens with zero attached hydrogens (tertiary/aromatic N) is 2. The molecule has 30 heavy (non-hydrogen) atoms. The van der Waals surface area contributed by atoms with Gasteiger partial charge in [0.25, 0.3) is 5.91 Å². The zero-order valence-electron chi connectivity index (χ0n) is 18.0. The number of carbonyl (C=O) groups excluding carboxylic acids is 3. The third-order valence-electron chi connectivity index (χ3n) is 5.67. The van der Waals surface area contributed by atoms with Crippen LogP contribution in [0.2, 0.25) is 0 Å². The normalized spacial score (nSPS) is 21.0. The summed E-state index contributed by atoms with van der Waals surface area (Å²) in [4.78, 5) is 40.6. The summed E-state index contributed by atoms with van der Waals surface area (Å²) in [5.74, 6) is -1.13. The molecule has 2 heterocycles. The van der Waals surface area contributed by atoms with Crippen molar-refractivity contribution in [3.63, 3.8) is 0 Å². The summed E-state index contributed by atoms with van der Waals surface area (Å²) in [7, 11) is 1.53. The number of hydrogen-bond acceptors (Lipinski definition) is 6. The first-order valence-electron chi connectivity index (χ1n) is 10.2. The number of methoxy groups -OCH3 is 1. The Morgan fingerprint density at radius 1 is 1.17 bits per heavy atom. The molecule has 0 unspecified atom stereocenters. The Morgan fingerprint density at radius 2 is 1.77 bits per heavy atom. The summed E-state index contributed by atoms with van der Waals surface area (Å²) >= 11 is 0. The van der Waals surface area contributed by atoms with E-state index in [1.165, 1.54) is 12.0 Å². The fourth-order valence-corrected chi connectivity index (χ4v) is 4.09. The van der Waals surface area contributed by atoms with Crippen molar-refractivity contribution >= 4 is 17.8 Å². The summed E-state index contributed by atoms with van der Waals surface area (Å²) in [5, 5.41) is 11.7. The molecule has 164 valence electrons. The van der Waals surface area contributed by atoms with Gasteiger partial charge in [0.15, 0.2) is 0 Å². The van der Waals surface area contributed by atoms with E-state index in [0.29, 0.717) is 43.7 Å². The minimum absolute atomic E-state index is 0.0554. The summed E-state index contributed by atoms with van der Waals surface area (Å²) < 4.78 is 11.0. The Morgan fingerprint density at radius 3 is 2.27 bits per heavy atom. The molecule has 1 aromatic rings. The molecule has 0 aromatic heterocycles. The van der Waals surface area contributed by atoms with Gasteiger partial charge < -0.3 is 24.3 Å². The quantitative estimate of drug-likeness (QED) is 0.726. The van der Waals surface area contributed by atoms with Crippen LogP contribution in [0.25, 0.3) is 0 Å². The first-order chi connectivity index (χ1) is 14.1. The molecule has 1 aromatic carbocycles. The molecule has 2 aliphatic rings. The van der Waals surface area contributed by atoms with E-state index in [0.717, 1.165) is 0 Å². The lowest BCUT2D eigenvalue weighted by molar-refractivity contribution is -0.310. The third-order valence-corrected chi connectivity index (χ3v) is 5.67. The fraction of sp³-hybridized carbons (Fsp3) is 0.591. The number of carboxylic acids is 1. The van der Waals surface area contributed by atoms with Crippen molar-refractivity contribution in [1.29, 1.82) is 0 Å². The SMILES string of the molecule is COc1ccc(C(=O)N2[C@H](C(=O)[O-])COC23CCN(C(=O)CC(C)(C)C)CC3)cc1. The maximum atomic E-state index is 13.3. The third kappa shape index (κ3) is 4.43. The van der Waals surface area contributed by atoms with Gasteiger partial charge in [-0.05, 0) is 29.7 Å². The van der Waals surface area contributed by atoms with Gasteiger partial charge in [-0.25, -0.2) is 0 Å². The van der Waals surface area contributed by atoms with Crippen molar-refractivity contribution < 1.29 is 29.0 Å². The zero-order valence-corrected chi connectivity index (χ0v) is 18.0. The standard InChI is InChI=1S/C22H30N2O6/c1-21(2,3)13-18(25)23-11-9-22(10-12-23)24(17(14-30-22)20(27)28)19(26)15-5-7-16(29-4)8-6-15/h5-8,17H,9-14H2,1-4H3,(H,27,28)/p-1/t17-/m0/s1. The van der Waals surface area contributed by atoms with Crippen molar-refractivity contribution in [2.75, 3.05) is 26.8 Å². The van der Waals surface area contributed by atoms with Crippen LogP contribution in [0.15, 0.2) is 24.3 Å². The molecule has 8 nitrogen and oxygen atoms in total. The van der Waals surface area contributed by atoms with Crippen LogP contribution in [0, 0.1) is 5.41 Å². The molecule has 1 atom stereocenters. The molecule has 1 spiro atoms. The number of carboxylic acid groups (broad SMARTS) is 1. The molecule has 2 fully saturated rings. The van der Waals surface area contributed by atoms with Crippen LogP contribution in [0.5, 0.6) is 5.75 Å². The van der Waals surface area contributed by atoms with Gasteiger partial charge >= 0.3 is 0 Å². The number of carbonyl (C=O) groups is 3. The van der Waals surface area contributed by atoms with E-state index < -0.39 is 23.6 Å². The molecule has 2 amide bonds. The number of ether oxygens (including phenoxy) is 2. The largest absolute Gasteiger partial charge is 0.548 e. The molecular weight excluding hydrogens is 388 g/mol. The second-order valence-corrected chi connectivity index (χ2v) is 9.11. The van der Waals surface area contributed by atoms with Gasteiger partial charge in [0.05, 0.1) is 25.7 Å². The lowest BCUT2D eigenvalue weighted by Gasteiger charge is -2.45. The number of likely N-dealkylation sites (tertiary alicyclic amines) is 1. The highest BCUT2D eigenvalue weighted by atomic mass is 16.5. The number of hydrogen-bond donors (Lipinski definition) is 0. The molecule has 2 aliphatic heterocycles. The number of benzene rings is 1. The highest BCUT2D eigenvalue weighted by Crippen LogP contribution is 2.39. The Kier molecular flexibility index (Phi) is 6.08. The van der Waals surface area contributed by atoms with E-state index in [4.69, 9.17) is 9.47 Å². The number of amides is 2. The zero-order chi connectivity index (χ0) is 22.1. The van der Waals surface area contributed by atoms with Crippen molar-refractivity contribution in [3.05, 3.63) is 29.8 Å². The molecule has 0 radical (unpaired) electrons. The van der Waals surface area contributed by atoms with Gasteiger partial charge in [0.2, 0.25) is 5.91 Å². The fourth-order valence-electron chi connectivity index (χ4n) is 4.09. The molecule has 0 aliphatic carbocycles. The second kappa shape index (κ2) is 8.26. The topological polar surface area (TPSA) is 99.2 Å². The number of aliphatic carboxylic acids is 1. The number of rotatable bonds is 4. The van der Waals surface area contributed by atoms with Crippen LogP contribution < -0.4 is 9.84 Å². The number of piperidine rings is 1. The Balaban J connectivity index is 1.80. The first-order valence-corrected chi connectivity index (χ1v) is 10.2. The highest BCUT2D eigenvalue weighted by Gasteiger charge is 2.52. The van der Waals surface area contributed by atoms with Gasteiger partial charge in [0, 0.05) is 37.9 Å². The smallest absolute Gasteiger partial charge is 0.256 e. The Labute approximate surface area is 176 Å². The molecule has 2 saturated heterocycles. The second-order valence-electron chi connectivity index (χ2n) is 9.11. The van der Waals surface area contributed by atoms with Crippen molar-refractivity contribution in [3.8, 4) is 5.75 Å². The van der Waals surface area contributed by atoms with E-state index in [9.17, 15) is 19.5 Å². The lowest BCUT2D eigenvalue weighted by atomic mass is 9.90. The Hall–Kier alpha value is -2.61. The van der Waals surface area contributed by atoms with Gasteiger partial charge in [0.1, 0.15) is 11.5 Å². The summed E-state index contributed by atoms with van der Waals surface area (Å²) in [6.45, 7) is 6.71. The summed E-state index contributed by atoms with van der Waals surface area (Å²) in [6, 6.07) is 5.33. The van der Waals surface area contributed by atoms with Crippen molar-refractivity contribution in [2.24, 2.45) is 5.41 Å². The van der Waals surface area contributed by atoms with Crippen LogP contribution in [-0.4, -0.2) is 66.2 Å². The molecule has 0 bridgehead atoms. The van der Waals surface area contributed by atoms with Crippen LogP contribution in [-0.2, 0) is 14.3 Å². The molecule has 0 N–H and O–H groups in total. The van der Waals surface area contributed by atoms with Crippen LogP contribution in [0.1, 0.15) is 50.4 Å². The van der Waals surface area contributed by atoms with Gasteiger partial charge in [-0.1, -0.05) is 20.8 Å². The Bertz CT molecular complexity index is 806. The maximum Gasteiger partial charge on any atom is 0.256 e. The van der Waals surface area contributed by atoms with Gasteiger partial charge in [-0.3, -0.25) is 14.5 Å². The monoisotopic (exact) mass is 417 g/mol. The van der Waals surface area contributed by atoms with Gasteiger partial charge in [-0.2, -0.15) is 0 Å². The maximum absolute atomic E-state index is 13.3. The van der Waals surface area contributed by atoms with E-state index in [2.05, 4.69) is 0 Å². The predicted octanol–water partition coefficient (Wildman–Crippen LogP) is 1.04. The lowest BCUT2D eigenvalue weighted by Crippen LogP contribution is -2.60. The van der Waals surface area contributed by atoms with Crippen LogP contribution in [0.4, 0.5) is 0 Å². The highest BCUT2D eigenvalue weighted by molar-refractivity contribution is 5.97. The van der Waals surface area contributed by atoms with E-state index in [1.54, 1.807) is 29.2 Å². The van der Waals surface area contributed by atoms with Crippen molar-refractivity contribution in [1.82, 2.24) is 9.80 Å². The minimum atomic E-state index is -1.35. The molecule has 8 heteroatoms. The molecular formula is C22H29N2O6-. The van der Waals surface area contributed by atoms with E-state index >= 15 is 0 Å². The first kappa shape index (κ1) is 22.1. The van der Waals surface area contributed by atoms with Crippen LogP contribution in [0.3, 0.4) is 0 Å². The average molecular weight is 417 g/mol. The molecule has 0 saturated carbocycles. The predicted molar refractivity (Wildman–Crippen MR) is 107 cm³/mol. The molecule has 3 rings (SSSR count). The van der Waals surface area contributed by atoms with Crippen LogP contribution >= 0.6 is 0 Å². The summed E-state index contributed by atoms with van der Waals surface area (Å²) in [6.07, 6.45) is 1.14. The van der Waals surface area contributed by atoms with Crippen molar-refractivity contribution in [2.45, 2.75) is 51.8 Å².